The Hall–Kier alpha value is -1.14. The van der Waals surface area contributed by atoms with Crippen LogP contribution in [0.5, 0.6) is 0 Å². The van der Waals surface area contributed by atoms with Gasteiger partial charge in [-0.3, -0.25) is 4.79 Å². The van der Waals surface area contributed by atoms with Crippen LogP contribution in [-0.4, -0.2) is 37.6 Å². The van der Waals surface area contributed by atoms with Crippen molar-refractivity contribution in [3.8, 4) is 0 Å². The van der Waals surface area contributed by atoms with E-state index in [1.807, 2.05) is 0 Å². The molecule has 1 aromatic heterocycles. The quantitative estimate of drug-likeness (QED) is 0.770. The first-order valence-electron chi connectivity index (χ1n) is 5.63. The van der Waals surface area contributed by atoms with Crippen molar-refractivity contribution in [2.45, 2.75) is 6.54 Å². The van der Waals surface area contributed by atoms with Gasteiger partial charge in [-0.1, -0.05) is 6.07 Å². The van der Waals surface area contributed by atoms with E-state index in [1.54, 1.807) is 18.3 Å². The van der Waals surface area contributed by atoms with Gasteiger partial charge in [-0.15, -0.1) is 0 Å². The average Bonchev–Trinajstić information content (AvgIpc) is 2.23. The van der Waals surface area contributed by atoms with Gasteiger partial charge in [0.05, 0.1) is 11.5 Å². The maximum atomic E-state index is 11.8. The summed E-state index contributed by atoms with van der Waals surface area (Å²) in [5.41, 5.74) is -0.159. The number of rotatable bonds is 5. The van der Waals surface area contributed by atoms with E-state index in [0.29, 0.717) is 0 Å². The first kappa shape index (κ1) is 12.3. The minimum atomic E-state index is -3.06. The van der Waals surface area contributed by atoms with Gasteiger partial charge in [-0.25, -0.2) is 8.42 Å². The fraction of sp³-hybridized carbons (Fsp3) is 0.545. The zero-order chi connectivity index (χ0) is 12.3. The van der Waals surface area contributed by atoms with Crippen molar-refractivity contribution in [1.82, 2.24) is 9.88 Å². The van der Waals surface area contributed by atoms with E-state index in [-0.39, 0.29) is 29.5 Å². The van der Waals surface area contributed by atoms with Crippen molar-refractivity contribution in [2.75, 3.05) is 24.6 Å². The molecule has 0 atom stereocenters. The Morgan fingerprint density at radius 3 is 2.71 bits per heavy atom. The molecule has 1 fully saturated rings. The highest BCUT2D eigenvalue weighted by Gasteiger charge is 2.23. The van der Waals surface area contributed by atoms with E-state index in [2.05, 4.69) is 5.32 Å². The fourth-order valence-electron chi connectivity index (χ4n) is 1.79. The van der Waals surface area contributed by atoms with Crippen LogP contribution in [0.3, 0.4) is 0 Å². The number of pyridine rings is 1. The van der Waals surface area contributed by atoms with Crippen LogP contribution in [-0.2, 0) is 16.4 Å². The molecule has 1 aliphatic rings. The van der Waals surface area contributed by atoms with Gasteiger partial charge < -0.3 is 9.88 Å². The molecule has 0 spiro atoms. The Morgan fingerprint density at radius 2 is 2.12 bits per heavy atom. The molecule has 94 valence electrons. The molecule has 1 aliphatic heterocycles. The van der Waals surface area contributed by atoms with E-state index in [0.717, 1.165) is 13.1 Å². The number of sulfone groups is 1. The predicted molar refractivity (Wildman–Crippen MR) is 65.7 cm³/mol. The lowest BCUT2D eigenvalue weighted by Crippen LogP contribution is -2.46. The van der Waals surface area contributed by atoms with Crippen LogP contribution in [0, 0.1) is 5.92 Å². The third kappa shape index (κ3) is 3.41. The second-order valence-electron chi connectivity index (χ2n) is 4.37. The lowest BCUT2D eigenvalue weighted by molar-refractivity contribution is 0.378. The predicted octanol–water partition coefficient (Wildman–Crippen LogP) is -0.517. The van der Waals surface area contributed by atoms with Crippen LogP contribution >= 0.6 is 0 Å². The van der Waals surface area contributed by atoms with E-state index in [4.69, 9.17) is 0 Å². The molecule has 0 aliphatic carbocycles. The molecule has 0 amide bonds. The highest BCUT2D eigenvalue weighted by atomic mass is 32.2. The highest BCUT2D eigenvalue weighted by molar-refractivity contribution is 7.91. The SMILES string of the molecule is O=c1ccccn1CCS(=O)(=O)CC1CNC1. The molecule has 5 nitrogen and oxygen atoms in total. The Balaban J connectivity index is 1.93. The normalized spacial score (nSPS) is 16.7. The summed E-state index contributed by atoms with van der Waals surface area (Å²) in [6.45, 7) is 1.80. The first-order chi connectivity index (χ1) is 8.07. The highest BCUT2D eigenvalue weighted by Crippen LogP contribution is 2.07. The molecule has 0 radical (unpaired) electrons. The van der Waals surface area contributed by atoms with E-state index in [1.165, 1.54) is 10.6 Å². The minimum Gasteiger partial charge on any atom is -0.316 e. The van der Waals surface area contributed by atoms with Gasteiger partial charge in [0, 0.05) is 31.9 Å². The van der Waals surface area contributed by atoms with Gasteiger partial charge >= 0.3 is 0 Å². The minimum absolute atomic E-state index is 0.0351. The van der Waals surface area contributed by atoms with Crippen molar-refractivity contribution >= 4 is 9.84 Å². The maximum Gasteiger partial charge on any atom is 0.250 e. The van der Waals surface area contributed by atoms with Crippen molar-refractivity contribution < 1.29 is 8.42 Å². The maximum absolute atomic E-state index is 11.8. The summed E-state index contributed by atoms with van der Waals surface area (Å²) in [5, 5.41) is 3.05. The third-order valence-corrected chi connectivity index (χ3v) is 4.68. The molecular weight excluding hydrogens is 240 g/mol. The molecule has 0 saturated carbocycles. The third-order valence-electron chi connectivity index (χ3n) is 2.90. The van der Waals surface area contributed by atoms with Crippen LogP contribution in [0.4, 0.5) is 0 Å². The second-order valence-corrected chi connectivity index (χ2v) is 6.60. The lowest BCUT2D eigenvalue weighted by atomic mass is 10.1. The van der Waals surface area contributed by atoms with Gasteiger partial charge in [-0.05, 0) is 12.0 Å². The van der Waals surface area contributed by atoms with E-state index in [9.17, 15) is 13.2 Å². The summed E-state index contributed by atoms with van der Waals surface area (Å²) >= 11 is 0. The van der Waals surface area contributed by atoms with Crippen LogP contribution in [0.25, 0.3) is 0 Å². The molecular formula is C11H16N2O3S. The summed E-state index contributed by atoms with van der Waals surface area (Å²) < 4.78 is 25.0. The Bertz CT molecular complexity index is 532. The Kier molecular flexibility index (Phi) is 3.63. The summed E-state index contributed by atoms with van der Waals surface area (Å²) in [5.74, 6) is 0.502. The Labute approximate surface area is 100 Å². The molecule has 0 aromatic carbocycles. The molecule has 1 N–H and O–H groups in total. The molecule has 1 saturated heterocycles. The van der Waals surface area contributed by atoms with Crippen LogP contribution in [0.1, 0.15) is 0 Å². The largest absolute Gasteiger partial charge is 0.316 e. The standard InChI is InChI=1S/C11H16N2O3S/c14-11-3-1-2-4-13(11)5-6-17(15,16)9-10-7-12-8-10/h1-4,10,12H,5-9H2. The number of nitrogens with zero attached hydrogens (tertiary/aromatic N) is 1. The molecule has 0 bridgehead atoms. The summed E-state index contributed by atoms with van der Waals surface area (Å²) in [4.78, 5) is 11.4. The molecule has 1 aromatic rings. The zero-order valence-electron chi connectivity index (χ0n) is 9.50. The van der Waals surface area contributed by atoms with E-state index >= 15 is 0 Å². The number of aromatic nitrogens is 1. The van der Waals surface area contributed by atoms with E-state index < -0.39 is 9.84 Å². The van der Waals surface area contributed by atoms with Crippen LogP contribution in [0.15, 0.2) is 29.2 Å². The average molecular weight is 256 g/mol. The molecule has 2 heterocycles. The molecule has 0 unspecified atom stereocenters. The smallest absolute Gasteiger partial charge is 0.250 e. The van der Waals surface area contributed by atoms with Gasteiger partial charge in [0.1, 0.15) is 0 Å². The summed E-state index contributed by atoms with van der Waals surface area (Å²) in [7, 11) is -3.06. The fourth-order valence-corrected chi connectivity index (χ4v) is 3.39. The monoisotopic (exact) mass is 256 g/mol. The second kappa shape index (κ2) is 5.01. The van der Waals surface area contributed by atoms with Crippen molar-refractivity contribution in [3.63, 3.8) is 0 Å². The van der Waals surface area contributed by atoms with Crippen LogP contribution in [0.2, 0.25) is 0 Å². The molecule has 6 heteroatoms. The molecule has 17 heavy (non-hydrogen) atoms. The Morgan fingerprint density at radius 1 is 1.35 bits per heavy atom. The number of nitrogens with one attached hydrogen (secondary N) is 1. The number of hydrogen-bond donors (Lipinski definition) is 1. The van der Waals surface area contributed by atoms with Gasteiger partial charge in [0.2, 0.25) is 0 Å². The zero-order valence-corrected chi connectivity index (χ0v) is 10.3. The first-order valence-corrected chi connectivity index (χ1v) is 7.45. The molecule has 2 rings (SSSR count). The van der Waals surface area contributed by atoms with Crippen molar-refractivity contribution in [2.24, 2.45) is 5.92 Å². The lowest BCUT2D eigenvalue weighted by Gasteiger charge is -2.26. The van der Waals surface area contributed by atoms with Crippen molar-refractivity contribution in [3.05, 3.63) is 34.7 Å². The summed E-state index contributed by atoms with van der Waals surface area (Å²) in [6.07, 6.45) is 1.61. The van der Waals surface area contributed by atoms with Gasteiger partial charge in [0.25, 0.3) is 5.56 Å². The van der Waals surface area contributed by atoms with Crippen LogP contribution < -0.4 is 10.9 Å². The van der Waals surface area contributed by atoms with Crippen molar-refractivity contribution in [1.29, 1.82) is 0 Å². The topological polar surface area (TPSA) is 68.2 Å². The van der Waals surface area contributed by atoms with Gasteiger partial charge in [-0.2, -0.15) is 0 Å². The summed E-state index contributed by atoms with van der Waals surface area (Å²) in [6, 6.07) is 4.81. The van der Waals surface area contributed by atoms with Gasteiger partial charge in [0.15, 0.2) is 9.84 Å². The number of hydrogen-bond acceptors (Lipinski definition) is 4. The number of aryl methyl sites for hydroxylation is 1.